The van der Waals surface area contributed by atoms with Gasteiger partial charge in [0.1, 0.15) is 22.9 Å². The zero-order valence-corrected chi connectivity index (χ0v) is 20.3. The number of hydrogen-bond donors (Lipinski definition) is 1. The number of β-lactam (4-membered cyclic amide) rings is 1. The maximum atomic E-state index is 12.8. The molecule has 5 rings (SSSR count). The smallest absolute Gasteiger partial charge is 0.248 e. The van der Waals surface area contributed by atoms with E-state index in [1.807, 2.05) is 30.3 Å². The zero-order chi connectivity index (χ0) is 23.7. The lowest BCUT2D eigenvalue weighted by Gasteiger charge is -2.48. The Morgan fingerprint density at radius 3 is 2.79 bits per heavy atom. The maximum absolute atomic E-state index is 12.8. The molecule has 34 heavy (non-hydrogen) atoms. The summed E-state index contributed by atoms with van der Waals surface area (Å²) < 4.78 is 12.5. The maximum Gasteiger partial charge on any atom is 0.248 e. The van der Waals surface area contributed by atoms with Gasteiger partial charge in [-0.2, -0.15) is 0 Å². The predicted molar refractivity (Wildman–Crippen MR) is 129 cm³/mol. The standard InChI is InChI=1S/C22H23N7O3S2/c1-31-15-4-3-13(17(9-15)32-2)10-28-20(25-26-27-28)19-14(11-33-16-5-7-24-8-6-16)12-34-22-18(23)21(30)29(19)22/h3-9,18,22H,10-12,23H2,1-2H3/t18-,22-/m1/s1. The number of pyridine rings is 1. The van der Waals surface area contributed by atoms with E-state index >= 15 is 0 Å². The number of benzene rings is 1. The van der Waals surface area contributed by atoms with Crippen LogP contribution in [0.5, 0.6) is 11.5 Å². The average molecular weight is 498 g/mol. The molecule has 176 valence electrons. The number of hydrogen-bond acceptors (Lipinski definition) is 10. The van der Waals surface area contributed by atoms with Gasteiger partial charge in [-0.25, -0.2) is 4.68 Å². The van der Waals surface area contributed by atoms with Crippen LogP contribution < -0.4 is 15.2 Å². The van der Waals surface area contributed by atoms with Crippen molar-refractivity contribution in [2.24, 2.45) is 5.73 Å². The van der Waals surface area contributed by atoms with Crippen LogP contribution >= 0.6 is 23.5 Å². The number of ether oxygens (including phenoxy) is 2. The van der Waals surface area contributed by atoms with Gasteiger partial charge < -0.3 is 15.2 Å². The fraction of sp³-hybridized carbons (Fsp3) is 0.318. The third-order valence-corrected chi connectivity index (χ3v) is 8.17. The molecule has 0 radical (unpaired) electrons. The highest BCUT2D eigenvalue weighted by Gasteiger charge is 2.51. The Morgan fingerprint density at radius 1 is 1.21 bits per heavy atom. The summed E-state index contributed by atoms with van der Waals surface area (Å²) >= 11 is 3.36. The van der Waals surface area contributed by atoms with Crippen LogP contribution in [-0.4, -0.2) is 73.1 Å². The van der Waals surface area contributed by atoms with Crippen molar-refractivity contribution < 1.29 is 14.3 Å². The van der Waals surface area contributed by atoms with Crippen LogP contribution in [0.2, 0.25) is 0 Å². The second-order valence-electron chi connectivity index (χ2n) is 7.70. The number of nitrogens with zero attached hydrogens (tertiary/aromatic N) is 6. The number of amides is 1. The SMILES string of the molecule is COc1ccc(Cn2nnnc2C2=C(CSc3ccncc3)CS[C@@H]3[C@H](N)C(=O)N23)c(OC)c1. The van der Waals surface area contributed by atoms with Crippen LogP contribution in [0.25, 0.3) is 5.70 Å². The highest BCUT2D eigenvalue weighted by molar-refractivity contribution is 8.01. The monoisotopic (exact) mass is 497 g/mol. The number of carbonyl (C=O) groups excluding carboxylic acids is 1. The first-order valence-corrected chi connectivity index (χ1v) is 12.6. The average Bonchev–Trinajstić information content (AvgIpc) is 3.34. The summed E-state index contributed by atoms with van der Waals surface area (Å²) in [6.07, 6.45) is 3.54. The molecule has 4 heterocycles. The Labute approximate surface area is 204 Å². The zero-order valence-electron chi connectivity index (χ0n) is 18.6. The van der Waals surface area contributed by atoms with Gasteiger partial charge in [-0.1, -0.05) is 0 Å². The molecule has 0 bridgehead atoms. The predicted octanol–water partition coefficient (Wildman–Crippen LogP) is 1.88. The van der Waals surface area contributed by atoms with Crippen LogP contribution in [0.3, 0.4) is 0 Å². The van der Waals surface area contributed by atoms with Crippen LogP contribution in [0, 0.1) is 0 Å². The molecule has 2 atom stereocenters. The summed E-state index contributed by atoms with van der Waals surface area (Å²) in [5, 5.41) is 12.4. The van der Waals surface area contributed by atoms with Crippen LogP contribution in [-0.2, 0) is 11.3 Å². The summed E-state index contributed by atoms with van der Waals surface area (Å²) in [4.78, 5) is 19.7. The molecule has 0 aliphatic carbocycles. The van der Waals surface area contributed by atoms with E-state index in [-0.39, 0.29) is 11.3 Å². The van der Waals surface area contributed by atoms with Crippen molar-refractivity contribution >= 4 is 35.1 Å². The molecule has 0 saturated carbocycles. The van der Waals surface area contributed by atoms with E-state index in [1.165, 1.54) is 0 Å². The lowest BCUT2D eigenvalue weighted by molar-refractivity contribution is -0.139. The Balaban J connectivity index is 1.50. The molecule has 2 N–H and O–H groups in total. The molecular formula is C22H23N7O3S2. The number of fused-ring (bicyclic) bond motifs is 1. The van der Waals surface area contributed by atoms with Crippen molar-refractivity contribution in [3.05, 3.63) is 59.7 Å². The van der Waals surface area contributed by atoms with Crippen LogP contribution in [0.15, 0.2) is 53.2 Å². The van der Waals surface area contributed by atoms with Gasteiger partial charge in [-0.3, -0.25) is 14.7 Å². The Kier molecular flexibility index (Phi) is 6.44. The topological polar surface area (TPSA) is 121 Å². The first-order valence-electron chi connectivity index (χ1n) is 10.5. The minimum atomic E-state index is -0.514. The third kappa shape index (κ3) is 4.12. The van der Waals surface area contributed by atoms with E-state index < -0.39 is 6.04 Å². The van der Waals surface area contributed by atoms with Crippen molar-refractivity contribution in [1.82, 2.24) is 30.1 Å². The van der Waals surface area contributed by atoms with Gasteiger partial charge in [-0.15, -0.1) is 28.6 Å². The second-order valence-corrected chi connectivity index (χ2v) is 9.85. The van der Waals surface area contributed by atoms with Gasteiger partial charge in [0.15, 0.2) is 5.82 Å². The van der Waals surface area contributed by atoms with Crippen molar-refractivity contribution in [2.45, 2.75) is 22.9 Å². The third-order valence-electron chi connectivity index (χ3n) is 5.71. The van der Waals surface area contributed by atoms with Gasteiger partial charge >= 0.3 is 0 Å². The molecule has 3 aromatic rings. The molecule has 0 spiro atoms. The van der Waals surface area contributed by atoms with Gasteiger partial charge in [-0.05, 0) is 40.3 Å². The van der Waals surface area contributed by atoms with Gasteiger partial charge in [0.25, 0.3) is 0 Å². The number of carbonyl (C=O) groups is 1. The highest BCUT2D eigenvalue weighted by Crippen LogP contribution is 2.44. The van der Waals surface area contributed by atoms with Crippen molar-refractivity contribution in [3.8, 4) is 11.5 Å². The van der Waals surface area contributed by atoms with E-state index in [2.05, 4.69) is 20.5 Å². The summed E-state index contributed by atoms with van der Waals surface area (Å²) in [6, 6.07) is 9.02. The Morgan fingerprint density at radius 2 is 2.03 bits per heavy atom. The van der Waals surface area contributed by atoms with Gasteiger partial charge in [0, 0.05) is 40.4 Å². The largest absolute Gasteiger partial charge is 0.497 e. The molecule has 1 aromatic carbocycles. The number of aromatic nitrogens is 5. The highest BCUT2D eigenvalue weighted by atomic mass is 32.2. The van der Waals surface area contributed by atoms with E-state index in [4.69, 9.17) is 15.2 Å². The molecule has 12 heteroatoms. The molecule has 1 fully saturated rings. The van der Waals surface area contributed by atoms with Gasteiger partial charge in [0.05, 0.1) is 26.5 Å². The molecule has 1 amide bonds. The summed E-state index contributed by atoms with van der Waals surface area (Å²) in [7, 11) is 3.22. The number of thioether (sulfide) groups is 2. The Bertz CT molecular complexity index is 1230. The first-order chi connectivity index (χ1) is 16.6. The summed E-state index contributed by atoms with van der Waals surface area (Å²) in [6.45, 7) is 0.371. The van der Waals surface area contributed by atoms with Crippen molar-refractivity contribution in [3.63, 3.8) is 0 Å². The normalized spacial score (nSPS) is 19.6. The summed E-state index contributed by atoms with van der Waals surface area (Å²) in [5.74, 6) is 3.22. The molecule has 2 aromatic heterocycles. The minimum Gasteiger partial charge on any atom is -0.497 e. The fourth-order valence-electron chi connectivity index (χ4n) is 3.93. The molecule has 10 nitrogen and oxygen atoms in total. The Hall–Kier alpha value is -3.09. The van der Waals surface area contributed by atoms with E-state index in [1.54, 1.807) is 59.7 Å². The van der Waals surface area contributed by atoms with Crippen molar-refractivity contribution in [1.29, 1.82) is 0 Å². The van der Waals surface area contributed by atoms with E-state index in [0.29, 0.717) is 29.6 Å². The second kappa shape index (κ2) is 9.65. The number of rotatable bonds is 8. The van der Waals surface area contributed by atoms with Gasteiger partial charge in [0.2, 0.25) is 5.91 Å². The minimum absolute atomic E-state index is 0.113. The van der Waals surface area contributed by atoms with E-state index in [0.717, 1.165) is 27.5 Å². The summed E-state index contributed by atoms with van der Waals surface area (Å²) in [5.41, 5.74) is 8.81. The van der Waals surface area contributed by atoms with Crippen molar-refractivity contribution in [2.75, 3.05) is 25.7 Å². The molecule has 2 aliphatic heterocycles. The molecule has 0 unspecified atom stereocenters. The molecule has 1 saturated heterocycles. The van der Waals surface area contributed by atoms with E-state index in [9.17, 15) is 4.79 Å². The first kappa shape index (κ1) is 22.7. The quantitative estimate of drug-likeness (QED) is 0.365. The van der Waals surface area contributed by atoms with Crippen LogP contribution in [0.4, 0.5) is 0 Å². The number of tetrazole rings is 1. The number of methoxy groups -OCH3 is 2. The molecular weight excluding hydrogens is 474 g/mol. The lowest BCUT2D eigenvalue weighted by atomic mass is 10.0. The fourth-order valence-corrected chi connectivity index (χ4v) is 6.25. The lowest BCUT2D eigenvalue weighted by Crippen LogP contribution is -2.67. The van der Waals surface area contributed by atoms with Crippen LogP contribution in [0.1, 0.15) is 11.4 Å². The molecule has 2 aliphatic rings. The number of nitrogens with two attached hydrogens (primary N) is 1.